The second-order valence-electron chi connectivity index (χ2n) is 8.58. The first kappa shape index (κ1) is 16.0. The van der Waals surface area contributed by atoms with Crippen molar-refractivity contribution >= 4 is 5.91 Å². The van der Waals surface area contributed by atoms with E-state index in [-0.39, 0.29) is 5.92 Å². The normalized spacial score (nSPS) is 31.9. The summed E-state index contributed by atoms with van der Waals surface area (Å²) in [6, 6.07) is 8.41. The summed E-state index contributed by atoms with van der Waals surface area (Å²) in [4.78, 5) is 16.8. The molecule has 1 aromatic carbocycles. The van der Waals surface area contributed by atoms with Gasteiger partial charge in [0.15, 0.2) is 0 Å². The van der Waals surface area contributed by atoms with Crippen LogP contribution in [-0.4, -0.2) is 20.7 Å². The Balaban J connectivity index is 1.18. The predicted octanol–water partition coefficient (Wildman–Crippen LogP) is 3.01. The molecule has 5 heteroatoms. The summed E-state index contributed by atoms with van der Waals surface area (Å²) in [6.07, 6.45) is 9.88. The van der Waals surface area contributed by atoms with Gasteiger partial charge in [0.1, 0.15) is 12.7 Å². The Hall–Kier alpha value is -2.17. The van der Waals surface area contributed by atoms with Gasteiger partial charge in [0.05, 0.1) is 6.54 Å². The molecule has 4 bridgehead atoms. The number of hydrogen-bond acceptors (Lipinski definition) is 3. The number of amides is 1. The first-order chi connectivity index (χ1) is 12.7. The van der Waals surface area contributed by atoms with Crippen LogP contribution < -0.4 is 5.32 Å². The van der Waals surface area contributed by atoms with E-state index in [1.54, 1.807) is 12.7 Å². The Morgan fingerprint density at radius 1 is 1.00 bits per heavy atom. The van der Waals surface area contributed by atoms with Gasteiger partial charge in [0.25, 0.3) is 0 Å². The van der Waals surface area contributed by atoms with Gasteiger partial charge in [-0.1, -0.05) is 24.3 Å². The van der Waals surface area contributed by atoms with Crippen molar-refractivity contribution in [3.8, 4) is 0 Å². The second kappa shape index (κ2) is 6.53. The molecule has 4 saturated carbocycles. The molecule has 136 valence electrons. The quantitative estimate of drug-likeness (QED) is 0.902. The number of carbonyl (C=O) groups excluding carboxylic acids is 1. The maximum atomic E-state index is 12.9. The predicted molar refractivity (Wildman–Crippen MR) is 97.9 cm³/mol. The average Bonchev–Trinajstić information content (AvgIpc) is 3.13. The highest BCUT2D eigenvalue weighted by Gasteiger charge is 2.50. The summed E-state index contributed by atoms with van der Waals surface area (Å²) in [7, 11) is 0. The van der Waals surface area contributed by atoms with Crippen molar-refractivity contribution < 1.29 is 4.79 Å². The highest BCUT2D eigenvalue weighted by Crippen LogP contribution is 2.56. The zero-order chi connectivity index (χ0) is 17.5. The lowest BCUT2D eigenvalue weighted by atomic mass is 9.51. The zero-order valence-corrected chi connectivity index (χ0v) is 15.1. The number of hydrogen-bond donors (Lipinski definition) is 1. The van der Waals surface area contributed by atoms with Gasteiger partial charge in [-0.15, -0.1) is 0 Å². The van der Waals surface area contributed by atoms with Crippen molar-refractivity contribution in [1.29, 1.82) is 0 Å². The number of nitrogens with zero attached hydrogens (tertiary/aromatic N) is 3. The van der Waals surface area contributed by atoms with Gasteiger partial charge in [-0.2, -0.15) is 5.10 Å². The van der Waals surface area contributed by atoms with Crippen LogP contribution in [0.2, 0.25) is 0 Å². The Morgan fingerprint density at radius 3 is 2.27 bits per heavy atom. The lowest BCUT2D eigenvalue weighted by Crippen LogP contribution is -2.50. The van der Waals surface area contributed by atoms with Crippen molar-refractivity contribution in [3.05, 3.63) is 48.0 Å². The molecule has 26 heavy (non-hydrogen) atoms. The summed E-state index contributed by atoms with van der Waals surface area (Å²) >= 11 is 0. The Labute approximate surface area is 154 Å². The van der Waals surface area contributed by atoms with E-state index in [0.29, 0.717) is 24.3 Å². The maximum Gasteiger partial charge on any atom is 0.223 e. The van der Waals surface area contributed by atoms with Crippen LogP contribution in [0.25, 0.3) is 0 Å². The molecule has 5 nitrogen and oxygen atoms in total. The van der Waals surface area contributed by atoms with Crippen molar-refractivity contribution in [1.82, 2.24) is 20.1 Å². The highest BCUT2D eigenvalue weighted by molar-refractivity contribution is 5.79. The van der Waals surface area contributed by atoms with Gasteiger partial charge < -0.3 is 5.32 Å². The Bertz CT molecular complexity index is 740. The van der Waals surface area contributed by atoms with Crippen LogP contribution >= 0.6 is 0 Å². The first-order valence-electron chi connectivity index (χ1n) is 9.92. The molecule has 0 spiro atoms. The van der Waals surface area contributed by atoms with Crippen molar-refractivity contribution in [3.63, 3.8) is 0 Å². The molecule has 6 rings (SSSR count). The molecule has 4 aliphatic rings. The maximum absolute atomic E-state index is 12.9. The number of rotatable bonds is 5. The van der Waals surface area contributed by atoms with Crippen molar-refractivity contribution in [2.75, 3.05) is 0 Å². The minimum Gasteiger partial charge on any atom is -0.352 e. The number of benzene rings is 1. The van der Waals surface area contributed by atoms with Crippen LogP contribution in [0.3, 0.4) is 0 Å². The fourth-order valence-corrected chi connectivity index (χ4v) is 5.92. The van der Waals surface area contributed by atoms with E-state index in [0.717, 1.165) is 23.9 Å². The highest BCUT2D eigenvalue weighted by atomic mass is 16.1. The summed E-state index contributed by atoms with van der Waals surface area (Å²) in [5.41, 5.74) is 2.34. The van der Waals surface area contributed by atoms with E-state index in [4.69, 9.17) is 0 Å². The molecule has 0 unspecified atom stereocenters. The molecule has 4 aliphatic carbocycles. The number of aromatic nitrogens is 3. The van der Waals surface area contributed by atoms with Crippen molar-refractivity contribution in [2.45, 2.75) is 45.2 Å². The summed E-state index contributed by atoms with van der Waals surface area (Å²) < 4.78 is 1.81. The van der Waals surface area contributed by atoms with E-state index in [1.807, 2.05) is 4.68 Å². The lowest BCUT2D eigenvalue weighted by molar-refractivity contribution is -0.138. The molecule has 0 saturated heterocycles. The third-order valence-corrected chi connectivity index (χ3v) is 6.83. The molecule has 0 aliphatic heterocycles. The van der Waals surface area contributed by atoms with Crippen LogP contribution in [0.1, 0.15) is 43.2 Å². The fraction of sp³-hybridized carbons (Fsp3) is 0.571. The lowest BCUT2D eigenvalue weighted by Gasteiger charge is -2.53. The van der Waals surface area contributed by atoms with Gasteiger partial charge in [-0.3, -0.25) is 4.79 Å². The molecule has 0 radical (unpaired) electrons. The first-order valence-corrected chi connectivity index (χ1v) is 9.92. The molecule has 1 N–H and O–H groups in total. The van der Waals surface area contributed by atoms with E-state index in [2.05, 4.69) is 39.7 Å². The van der Waals surface area contributed by atoms with Crippen LogP contribution in [0, 0.1) is 29.6 Å². The molecule has 1 amide bonds. The van der Waals surface area contributed by atoms with E-state index in [1.165, 1.54) is 37.7 Å². The minimum absolute atomic E-state index is 0.273. The van der Waals surface area contributed by atoms with Crippen LogP contribution in [-0.2, 0) is 17.9 Å². The van der Waals surface area contributed by atoms with Crippen LogP contribution in [0.5, 0.6) is 0 Å². The molecule has 0 atom stereocenters. The fourth-order valence-electron chi connectivity index (χ4n) is 5.92. The van der Waals surface area contributed by atoms with Crippen molar-refractivity contribution in [2.24, 2.45) is 29.6 Å². The zero-order valence-electron chi connectivity index (χ0n) is 15.1. The van der Waals surface area contributed by atoms with E-state index in [9.17, 15) is 4.79 Å². The molecule has 4 fully saturated rings. The Kier molecular flexibility index (Phi) is 4.03. The van der Waals surface area contributed by atoms with Gasteiger partial charge in [0.2, 0.25) is 5.91 Å². The average molecular weight is 350 g/mol. The molecule has 1 heterocycles. The topological polar surface area (TPSA) is 59.8 Å². The summed E-state index contributed by atoms with van der Waals surface area (Å²) in [5, 5.41) is 7.36. The Morgan fingerprint density at radius 2 is 1.65 bits per heavy atom. The van der Waals surface area contributed by atoms with Gasteiger partial charge >= 0.3 is 0 Å². The molecule has 1 aromatic heterocycles. The summed E-state index contributed by atoms with van der Waals surface area (Å²) in [6.45, 7) is 1.35. The molecule has 2 aromatic rings. The van der Waals surface area contributed by atoms with Crippen LogP contribution in [0.4, 0.5) is 0 Å². The van der Waals surface area contributed by atoms with Gasteiger partial charge in [-0.25, -0.2) is 9.67 Å². The van der Waals surface area contributed by atoms with E-state index >= 15 is 0 Å². The third kappa shape index (κ3) is 3.04. The third-order valence-electron chi connectivity index (χ3n) is 6.83. The standard InChI is InChI=1S/C21H26N4O/c26-21(20-18-6-16-5-17(8-18)9-19(20)7-16)23-10-14-1-3-15(4-2-14)11-25-13-22-12-24-25/h1-4,12-13,16-20H,5-11H2,(H,23,26). The molecular formula is C21H26N4O. The minimum atomic E-state index is 0.273. The number of carbonyl (C=O) groups is 1. The van der Waals surface area contributed by atoms with E-state index < -0.39 is 0 Å². The van der Waals surface area contributed by atoms with Crippen LogP contribution in [0.15, 0.2) is 36.9 Å². The molecular weight excluding hydrogens is 324 g/mol. The van der Waals surface area contributed by atoms with Gasteiger partial charge in [0, 0.05) is 12.5 Å². The largest absolute Gasteiger partial charge is 0.352 e. The van der Waals surface area contributed by atoms with Gasteiger partial charge in [-0.05, 0) is 66.9 Å². The smallest absolute Gasteiger partial charge is 0.223 e. The number of nitrogens with one attached hydrogen (secondary N) is 1. The SMILES string of the molecule is O=C(NCc1ccc(Cn2cncn2)cc1)C1C2CC3CC(C2)CC1C3. The summed E-state index contributed by atoms with van der Waals surface area (Å²) in [5.74, 6) is 3.70. The second-order valence-corrected chi connectivity index (χ2v) is 8.58. The monoisotopic (exact) mass is 350 g/mol.